The predicted octanol–water partition coefficient (Wildman–Crippen LogP) is 1.64. The molecule has 0 aliphatic carbocycles. The average molecular weight is 201 g/mol. The van der Waals surface area contributed by atoms with Crippen LogP contribution in [0.15, 0.2) is 12.1 Å². The highest BCUT2D eigenvalue weighted by Crippen LogP contribution is 2.27. The Morgan fingerprint density at radius 2 is 2.15 bits per heavy atom. The number of carbonyl (C=O) groups excluding carboxylic acids is 1. The minimum Gasteiger partial charge on any atom is -0.393 e. The van der Waals surface area contributed by atoms with Gasteiger partial charge in [-0.15, -0.1) is 0 Å². The quantitative estimate of drug-likeness (QED) is 0.340. The van der Waals surface area contributed by atoms with Gasteiger partial charge in [-0.2, -0.15) is 0 Å². The maximum absolute atomic E-state index is 10.4. The zero-order valence-corrected chi connectivity index (χ0v) is 7.12. The number of hydrogen-bond donors (Lipinski definition) is 1. The Morgan fingerprint density at radius 1 is 1.54 bits per heavy atom. The standard InChI is InChI=1S/C7H5ClN2O3/c8-5-2-6(9)7(10(12)13)1-4(5)3-11/h1-3H,9H2. The molecule has 0 atom stereocenters. The summed E-state index contributed by atoms with van der Waals surface area (Å²) in [5, 5.41) is 10.5. The van der Waals surface area contributed by atoms with Crippen LogP contribution in [-0.4, -0.2) is 11.2 Å². The fourth-order valence-corrected chi connectivity index (χ4v) is 1.06. The molecule has 0 saturated carbocycles. The van der Waals surface area contributed by atoms with Gasteiger partial charge in [0.05, 0.1) is 9.95 Å². The van der Waals surface area contributed by atoms with E-state index in [1.807, 2.05) is 0 Å². The lowest BCUT2D eigenvalue weighted by molar-refractivity contribution is -0.383. The van der Waals surface area contributed by atoms with Crippen molar-refractivity contribution in [3.05, 3.63) is 32.8 Å². The van der Waals surface area contributed by atoms with Crippen molar-refractivity contribution in [3.8, 4) is 0 Å². The maximum Gasteiger partial charge on any atom is 0.292 e. The molecule has 0 saturated heterocycles. The first kappa shape index (κ1) is 9.47. The van der Waals surface area contributed by atoms with Gasteiger partial charge in [0.25, 0.3) is 5.69 Å². The molecule has 0 fully saturated rings. The molecule has 0 radical (unpaired) electrons. The fraction of sp³-hybridized carbons (Fsp3) is 0. The molecule has 5 nitrogen and oxygen atoms in total. The van der Waals surface area contributed by atoms with Gasteiger partial charge >= 0.3 is 0 Å². The van der Waals surface area contributed by atoms with Gasteiger partial charge in [0.1, 0.15) is 5.69 Å². The summed E-state index contributed by atoms with van der Waals surface area (Å²) < 4.78 is 0. The molecular formula is C7H5ClN2O3. The first-order chi connectivity index (χ1) is 6.06. The van der Waals surface area contributed by atoms with E-state index in [1.165, 1.54) is 6.07 Å². The van der Waals surface area contributed by atoms with Crippen molar-refractivity contribution in [1.82, 2.24) is 0 Å². The second-order valence-electron chi connectivity index (χ2n) is 2.31. The van der Waals surface area contributed by atoms with Crippen molar-refractivity contribution < 1.29 is 9.72 Å². The van der Waals surface area contributed by atoms with Crippen LogP contribution in [0.1, 0.15) is 10.4 Å². The normalized spacial score (nSPS) is 9.62. The molecule has 0 bridgehead atoms. The van der Waals surface area contributed by atoms with Crippen LogP contribution < -0.4 is 5.73 Å². The van der Waals surface area contributed by atoms with Crippen LogP contribution in [0.4, 0.5) is 11.4 Å². The summed E-state index contributed by atoms with van der Waals surface area (Å²) in [7, 11) is 0. The molecule has 0 amide bonds. The van der Waals surface area contributed by atoms with E-state index in [4.69, 9.17) is 17.3 Å². The van der Waals surface area contributed by atoms with Crippen LogP contribution in [0.25, 0.3) is 0 Å². The third-order valence-corrected chi connectivity index (χ3v) is 1.80. The summed E-state index contributed by atoms with van der Waals surface area (Å²) in [5.41, 5.74) is 4.99. The number of aldehydes is 1. The van der Waals surface area contributed by atoms with Crippen LogP contribution in [0.3, 0.4) is 0 Å². The Kier molecular flexibility index (Phi) is 2.48. The number of nitro groups is 1. The van der Waals surface area contributed by atoms with E-state index in [-0.39, 0.29) is 22.0 Å². The molecule has 1 aromatic rings. The summed E-state index contributed by atoms with van der Waals surface area (Å²) in [6.07, 6.45) is 0.439. The van der Waals surface area contributed by atoms with Crippen LogP contribution in [0.5, 0.6) is 0 Å². The number of nitrogens with two attached hydrogens (primary N) is 1. The molecule has 68 valence electrons. The highest BCUT2D eigenvalue weighted by atomic mass is 35.5. The van der Waals surface area contributed by atoms with E-state index in [9.17, 15) is 14.9 Å². The monoisotopic (exact) mass is 200 g/mol. The van der Waals surface area contributed by atoms with Crippen LogP contribution in [0, 0.1) is 10.1 Å². The summed E-state index contributed by atoms with van der Waals surface area (Å²) >= 11 is 5.57. The molecule has 6 heteroatoms. The van der Waals surface area contributed by atoms with Crippen molar-refractivity contribution in [3.63, 3.8) is 0 Å². The second-order valence-corrected chi connectivity index (χ2v) is 2.71. The molecule has 13 heavy (non-hydrogen) atoms. The zero-order valence-electron chi connectivity index (χ0n) is 6.36. The van der Waals surface area contributed by atoms with Crippen LogP contribution >= 0.6 is 11.6 Å². The Balaban J connectivity index is 3.38. The minimum absolute atomic E-state index is 0.0550. The Morgan fingerprint density at radius 3 is 2.62 bits per heavy atom. The van der Waals surface area contributed by atoms with Crippen molar-refractivity contribution in [2.75, 3.05) is 5.73 Å². The molecule has 0 unspecified atom stereocenters. The molecule has 1 rings (SSSR count). The number of benzene rings is 1. The highest BCUT2D eigenvalue weighted by molar-refractivity contribution is 6.33. The highest BCUT2D eigenvalue weighted by Gasteiger charge is 2.14. The summed E-state index contributed by atoms with van der Waals surface area (Å²) in [4.78, 5) is 20.1. The Bertz CT molecular complexity index is 378. The number of nitrogens with zero attached hydrogens (tertiary/aromatic N) is 1. The number of hydrogen-bond acceptors (Lipinski definition) is 4. The fourth-order valence-electron chi connectivity index (χ4n) is 0.842. The lowest BCUT2D eigenvalue weighted by atomic mass is 10.2. The first-order valence-electron chi connectivity index (χ1n) is 3.25. The van der Waals surface area contributed by atoms with E-state index >= 15 is 0 Å². The lowest BCUT2D eigenvalue weighted by Crippen LogP contribution is -1.97. The largest absolute Gasteiger partial charge is 0.393 e. The third-order valence-electron chi connectivity index (χ3n) is 1.47. The second kappa shape index (κ2) is 3.40. The Labute approximate surface area is 78.3 Å². The maximum atomic E-state index is 10.4. The Hall–Kier alpha value is -1.62. The molecular weight excluding hydrogens is 196 g/mol. The molecule has 0 aliphatic heterocycles. The average Bonchev–Trinajstić information content (AvgIpc) is 2.03. The number of halogens is 1. The van der Waals surface area contributed by atoms with Crippen molar-refractivity contribution in [2.24, 2.45) is 0 Å². The van der Waals surface area contributed by atoms with Crippen LogP contribution in [0.2, 0.25) is 5.02 Å². The van der Waals surface area contributed by atoms with Gasteiger partial charge in [0.15, 0.2) is 6.29 Å². The predicted molar refractivity (Wildman–Crippen MR) is 47.9 cm³/mol. The van der Waals surface area contributed by atoms with E-state index in [2.05, 4.69) is 0 Å². The van der Waals surface area contributed by atoms with Crippen molar-refractivity contribution >= 4 is 29.3 Å². The SMILES string of the molecule is Nc1cc(Cl)c(C=O)cc1[N+](=O)[O-]. The van der Waals surface area contributed by atoms with E-state index in [1.54, 1.807) is 0 Å². The van der Waals surface area contributed by atoms with Gasteiger partial charge in [-0.1, -0.05) is 11.6 Å². The van der Waals surface area contributed by atoms with Gasteiger partial charge in [0.2, 0.25) is 0 Å². The van der Waals surface area contributed by atoms with E-state index in [0.717, 1.165) is 6.07 Å². The summed E-state index contributed by atoms with van der Waals surface area (Å²) in [5.74, 6) is 0. The third kappa shape index (κ3) is 1.75. The summed E-state index contributed by atoms with van der Waals surface area (Å²) in [6, 6.07) is 2.23. The topological polar surface area (TPSA) is 86.2 Å². The number of rotatable bonds is 2. The number of carbonyl (C=O) groups is 1. The van der Waals surface area contributed by atoms with Crippen molar-refractivity contribution in [1.29, 1.82) is 0 Å². The van der Waals surface area contributed by atoms with Crippen molar-refractivity contribution in [2.45, 2.75) is 0 Å². The van der Waals surface area contributed by atoms with E-state index in [0.29, 0.717) is 6.29 Å². The van der Waals surface area contributed by atoms with E-state index < -0.39 is 4.92 Å². The molecule has 2 N–H and O–H groups in total. The molecule has 0 spiro atoms. The number of nitro benzene ring substituents is 1. The number of nitrogen functional groups attached to an aromatic ring is 1. The zero-order chi connectivity index (χ0) is 10.0. The molecule has 0 aliphatic rings. The summed E-state index contributed by atoms with van der Waals surface area (Å²) in [6.45, 7) is 0. The minimum atomic E-state index is -0.668. The van der Waals surface area contributed by atoms with Crippen LogP contribution in [-0.2, 0) is 0 Å². The van der Waals surface area contributed by atoms with Gasteiger partial charge in [-0.05, 0) is 6.07 Å². The number of anilines is 1. The van der Waals surface area contributed by atoms with Gasteiger partial charge < -0.3 is 5.73 Å². The van der Waals surface area contributed by atoms with Gasteiger partial charge in [0, 0.05) is 11.6 Å². The smallest absolute Gasteiger partial charge is 0.292 e. The first-order valence-corrected chi connectivity index (χ1v) is 3.62. The van der Waals surface area contributed by atoms with Gasteiger partial charge in [-0.25, -0.2) is 0 Å². The molecule has 1 aromatic carbocycles. The molecule has 0 heterocycles. The molecule has 0 aromatic heterocycles. The lowest BCUT2D eigenvalue weighted by Gasteiger charge is -1.99. The van der Waals surface area contributed by atoms with Gasteiger partial charge in [-0.3, -0.25) is 14.9 Å².